The van der Waals surface area contributed by atoms with Crippen LogP contribution in [0.25, 0.3) is 10.9 Å². The zero-order valence-electron chi connectivity index (χ0n) is 16.8. The molecular weight excluding hydrogens is 368 g/mol. The lowest BCUT2D eigenvalue weighted by atomic mass is 9.94. The molecule has 0 atom stereocenters. The van der Waals surface area contributed by atoms with Crippen molar-refractivity contribution in [2.45, 2.75) is 43.4 Å². The molecule has 1 aromatic heterocycles. The second kappa shape index (κ2) is 7.37. The third kappa shape index (κ3) is 3.38. The van der Waals surface area contributed by atoms with E-state index in [1.165, 1.54) is 16.6 Å². The predicted octanol–water partition coefficient (Wildman–Crippen LogP) is 4.87. The van der Waals surface area contributed by atoms with E-state index in [0.717, 1.165) is 18.4 Å². The topological polar surface area (TPSA) is 42.3 Å². The van der Waals surface area contributed by atoms with Gasteiger partial charge in [0.25, 0.3) is 0 Å². The molecule has 5 heteroatoms. The van der Waals surface area contributed by atoms with Gasteiger partial charge in [-0.1, -0.05) is 44.2 Å². The fraction of sp³-hybridized carbons (Fsp3) is 0.391. The number of fused-ring (bicyclic) bond motifs is 1. The average Bonchev–Trinajstić information content (AvgIpc) is 3.05. The third-order valence-corrected chi connectivity index (χ3v) is 7.96. The van der Waals surface area contributed by atoms with Crippen molar-refractivity contribution < 1.29 is 8.42 Å². The van der Waals surface area contributed by atoms with Crippen LogP contribution < -0.4 is 0 Å². The summed E-state index contributed by atoms with van der Waals surface area (Å²) < 4.78 is 30.0. The maximum atomic E-state index is 13.0. The first-order chi connectivity index (χ1) is 13.4. The van der Waals surface area contributed by atoms with Crippen LogP contribution in [-0.4, -0.2) is 30.4 Å². The number of para-hydroxylation sites is 1. The molecule has 0 amide bonds. The summed E-state index contributed by atoms with van der Waals surface area (Å²) in [4.78, 5) is 0.403. The zero-order chi connectivity index (χ0) is 19.9. The van der Waals surface area contributed by atoms with Gasteiger partial charge in [0.1, 0.15) is 0 Å². The van der Waals surface area contributed by atoms with E-state index >= 15 is 0 Å². The Bertz CT molecular complexity index is 1070. The van der Waals surface area contributed by atoms with Gasteiger partial charge in [0, 0.05) is 37.3 Å². The first-order valence-corrected chi connectivity index (χ1v) is 11.5. The Balaban J connectivity index is 1.50. The number of aryl methyl sites for hydroxylation is 1. The lowest BCUT2D eigenvalue weighted by molar-refractivity contribution is 0.314. The Labute approximate surface area is 167 Å². The van der Waals surface area contributed by atoms with Gasteiger partial charge < -0.3 is 4.57 Å². The standard InChI is InChI=1S/C23H28N2O2S/c1-17(2)18-8-10-21(11-9-18)28(26,27)25-14-12-19(13-15-25)23-16-20-6-4-5-7-22(20)24(23)3/h4-11,16-17,19H,12-15H2,1-3H3. The minimum absolute atomic E-state index is 0.396. The van der Waals surface area contributed by atoms with Gasteiger partial charge >= 0.3 is 0 Å². The largest absolute Gasteiger partial charge is 0.347 e. The predicted molar refractivity (Wildman–Crippen MR) is 114 cm³/mol. The van der Waals surface area contributed by atoms with Crippen molar-refractivity contribution in [1.82, 2.24) is 8.87 Å². The second-order valence-corrected chi connectivity index (χ2v) is 10.0. The normalized spacial score (nSPS) is 16.9. The van der Waals surface area contributed by atoms with E-state index in [-0.39, 0.29) is 0 Å². The number of piperidine rings is 1. The summed E-state index contributed by atoms with van der Waals surface area (Å²) in [7, 11) is -1.31. The average molecular weight is 397 g/mol. The van der Waals surface area contributed by atoms with E-state index in [1.807, 2.05) is 12.1 Å². The Kier molecular flexibility index (Phi) is 5.06. The number of hydrogen-bond acceptors (Lipinski definition) is 2. The molecule has 1 aliphatic rings. The molecular formula is C23H28N2O2S. The van der Waals surface area contributed by atoms with Crippen molar-refractivity contribution >= 4 is 20.9 Å². The first kappa shape index (κ1) is 19.2. The van der Waals surface area contributed by atoms with Crippen molar-refractivity contribution in [3.05, 3.63) is 65.9 Å². The van der Waals surface area contributed by atoms with Gasteiger partial charge in [-0.3, -0.25) is 0 Å². The highest BCUT2D eigenvalue weighted by molar-refractivity contribution is 7.89. The van der Waals surface area contributed by atoms with Crippen molar-refractivity contribution in [3.63, 3.8) is 0 Å². The molecule has 0 radical (unpaired) electrons. The summed E-state index contributed by atoms with van der Waals surface area (Å²) in [6.07, 6.45) is 1.71. The van der Waals surface area contributed by atoms with Crippen molar-refractivity contribution in [2.24, 2.45) is 7.05 Å². The Morgan fingerprint density at radius 3 is 2.21 bits per heavy atom. The van der Waals surface area contributed by atoms with Crippen LogP contribution in [0.3, 0.4) is 0 Å². The summed E-state index contributed by atoms with van der Waals surface area (Å²) in [5.74, 6) is 0.792. The number of sulfonamides is 1. The van der Waals surface area contributed by atoms with E-state index in [9.17, 15) is 8.42 Å². The Morgan fingerprint density at radius 1 is 0.964 bits per heavy atom. The van der Waals surface area contributed by atoms with Crippen LogP contribution in [0, 0.1) is 0 Å². The Hall–Kier alpha value is -2.11. The van der Waals surface area contributed by atoms with Crippen LogP contribution in [0.15, 0.2) is 59.5 Å². The number of hydrogen-bond donors (Lipinski definition) is 0. The molecule has 0 bridgehead atoms. The minimum Gasteiger partial charge on any atom is -0.347 e. The van der Waals surface area contributed by atoms with Crippen LogP contribution in [0.5, 0.6) is 0 Å². The van der Waals surface area contributed by atoms with E-state index in [4.69, 9.17) is 0 Å². The van der Waals surface area contributed by atoms with Gasteiger partial charge in [-0.05, 0) is 54.0 Å². The first-order valence-electron chi connectivity index (χ1n) is 10.0. The van der Waals surface area contributed by atoms with Crippen molar-refractivity contribution in [2.75, 3.05) is 13.1 Å². The molecule has 28 heavy (non-hydrogen) atoms. The second-order valence-electron chi connectivity index (χ2n) is 8.09. The highest BCUT2D eigenvalue weighted by Gasteiger charge is 2.31. The minimum atomic E-state index is -3.42. The maximum Gasteiger partial charge on any atom is 0.243 e. The molecule has 1 saturated heterocycles. The summed E-state index contributed by atoms with van der Waals surface area (Å²) in [5, 5.41) is 1.25. The molecule has 4 nitrogen and oxygen atoms in total. The molecule has 0 aliphatic carbocycles. The monoisotopic (exact) mass is 396 g/mol. The summed E-state index contributed by atoms with van der Waals surface area (Å²) in [6.45, 7) is 5.36. The van der Waals surface area contributed by atoms with E-state index in [0.29, 0.717) is 29.8 Å². The SMILES string of the molecule is CC(C)c1ccc(S(=O)(=O)N2CCC(c3cc4ccccc4n3C)CC2)cc1. The molecule has 0 N–H and O–H groups in total. The number of nitrogens with zero attached hydrogens (tertiary/aromatic N) is 2. The number of rotatable bonds is 4. The van der Waals surface area contributed by atoms with Crippen LogP contribution >= 0.6 is 0 Å². The zero-order valence-corrected chi connectivity index (χ0v) is 17.6. The quantitative estimate of drug-likeness (QED) is 0.631. The van der Waals surface area contributed by atoms with Gasteiger partial charge in [0.15, 0.2) is 0 Å². The molecule has 1 aliphatic heterocycles. The molecule has 0 unspecified atom stereocenters. The van der Waals surface area contributed by atoms with E-state index in [1.54, 1.807) is 16.4 Å². The van der Waals surface area contributed by atoms with Crippen molar-refractivity contribution in [1.29, 1.82) is 0 Å². The lowest BCUT2D eigenvalue weighted by Gasteiger charge is -2.31. The number of aromatic nitrogens is 1. The van der Waals surface area contributed by atoms with E-state index < -0.39 is 10.0 Å². The highest BCUT2D eigenvalue weighted by Crippen LogP contribution is 2.33. The molecule has 1 fully saturated rings. The van der Waals surface area contributed by atoms with Gasteiger partial charge in [-0.2, -0.15) is 4.31 Å². The molecule has 2 aromatic carbocycles. The molecule has 148 valence electrons. The highest BCUT2D eigenvalue weighted by atomic mass is 32.2. The number of benzene rings is 2. The summed E-state index contributed by atoms with van der Waals surface area (Å²) in [5.41, 5.74) is 3.70. The van der Waals surface area contributed by atoms with Gasteiger partial charge in [-0.25, -0.2) is 8.42 Å². The fourth-order valence-corrected chi connectivity index (χ4v) is 5.74. The summed E-state index contributed by atoms with van der Waals surface area (Å²) in [6, 6.07) is 18.0. The summed E-state index contributed by atoms with van der Waals surface area (Å²) >= 11 is 0. The van der Waals surface area contributed by atoms with Crippen LogP contribution in [0.2, 0.25) is 0 Å². The maximum absolute atomic E-state index is 13.0. The smallest absolute Gasteiger partial charge is 0.243 e. The third-order valence-electron chi connectivity index (χ3n) is 6.05. The van der Waals surface area contributed by atoms with Gasteiger partial charge in [0.2, 0.25) is 10.0 Å². The van der Waals surface area contributed by atoms with Crippen molar-refractivity contribution in [3.8, 4) is 0 Å². The lowest BCUT2D eigenvalue weighted by Crippen LogP contribution is -2.38. The molecule has 0 spiro atoms. The fourth-order valence-electron chi connectivity index (χ4n) is 4.27. The molecule has 4 rings (SSSR count). The molecule has 0 saturated carbocycles. The molecule has 3 aromatic rings. The van der Waals surface area contributed by atoms with Crippen LogP contribution in [0.4, 0.5) is 0 Å². The van der Waals surface area contributed by atoms with Crippen LogP contribution in [-0.2, 0) is 17.1 Å². The van der Waals surface area contributed by atoms with Gasteiger partial charge in [-0.15, -0.1) is 0 Å². The van der Waals surface area contributed by atoms with Gasteiger partial charge in [0.05, 0.1) is 4.90 Å². The molecule has 2 heterocycles. The Morgan fingerprint density at radius 2 is 1.61 bits per heavy atom. The van der Waals surface area contributed by atoms with Crippen LogP contribution in [0.1, 0.15) is 49.8 Å². The van der Waals surface area contributed by atoms with E-state index in [2.05, 4.69) is 55.8 Å².